The number of anilines is 1. The molecular formula is C14H25N5OS. The van der Waals surface area contributed by atoms with E-state index in [1.54, 1.807) is 0 Å². The Morgan fingerprint density at radius 1 is 1.24 bits per heavy atom. The second kappa shape index (κ2) is 7.06. The van der Waals surface area contributed by atoms with Crippen LogP contribution in [-0.2, 0) is 0 Å². The highest BCUT2D eigenvalue weighted by molar-refractivity contribution is 7.09. The number of carbonyl (C=O) groups is 1. The van der Waals surface area contributed by atoms with Crippen molar-refractivity contribution in [1.82, 2.24) is 19.2 Å². The van der Waals surface area contributed by atoms with Crippen molar-refractivity contribution in [2.45, 2.75) is 33.6 Å². The standard InChI is InChI=1S/C14H25N5OS/c1-5-17(6-2)14(20)19-9-7-18(8-10-19)13-15-12(11(3)4)16-21-13/h11H,5-10H2,1-4H3. The maximum absolute atomic E-state index is 12.3. The summed E-state index contributed by atoms with van der Waals surface area (Å²) in [5, 5.41) is 0.980. The minimum Gasteiger partial charge on any atom is -0.343 e. The molecule has 0 aliphatic carbocycles. The number of amides is 2. The average molecular weight is 311 g/mol. The van der Waals surface area contributed by atoms with E-state index in [-0.39, 0.29) is 6.03 Å². The van der Waals surface area contributed by atoms with E-state index in [4.69, 9.17) is 0 Å². The van der Waals surface area contributed by atoms with Crippen molar-refractivity contribution in [3.63, 3.8) is 0 Å². The van der Waals surface area contributed by atoms with Crippen molar-refractivity contribution in [1.29, 1.82) is 0 Å². The third-order valence-corrected chi connectivity index (χ3v) is 4.59. The Labute approximate surface area is 130 Å². The van der Waals surface area contributed by atoms with Gasteiger partial charge in [0.25, 0.3) is 0 Å². The van der Waals surface area contributed by atoms with Crippen LogP contribution in [0.15, 0.2) is 0 Å². The van der Waals surface area contributed by atoms with Gasteiger partial charge in [-0.15, -0.1) is 0 Å². The normalized spacial score (nSPS) is 15.7. The number of piperazine rings is 1. The maximum Gasteiger partial charge on any atom is 0.320 e. The van der Waals surface area contributed by atoms with E-state index in [1.807, 2.05) is 23.6 Å². The fourth-order valence-corrected chi connectivity index (χ4v) is 3.23. The molecule has 1 aliphatic heterocycles. The van der Waals surface area contributed by atoms with Crippen molar-refractivity contribution in [2.75, 3.05) is 44.2 Å². The summed E-state index contributed by atoms with van der Waals surface area (Å²) in [4.78, 5) is 22.9. The molecule has 1 aromatic rings. The van der Waals surface area contributed by atoms with Crippen molar-refractivity contribution in [3.05, 3.63) is 5.82 Å². The Morgan fingerprint density at radius 2 is 1.86 bits per heavy atom. The van der Waals surface area contributed by atoms with Crippen LogP contribution in [-0.4, -0.2) is 64.5 Å². The van der Waals surface area contributed by atoms with Gasteiger partial charge < -0.3 is 14.7 Å². The zero-order chi connectivity index (χ0) is 15.4. The van der Waals surface area contributed by atoms with Crippen LogP contribution in [0.4, 0.5) is 9.93 Å². The Bertz CT molecular complexity index is 464. The molecule has 0 N–H and O–H groups in total. The number of urea groups is 1. The minimum absolute atomic E-state index is 0.153. The molecule has 0 spiro atoms. The van der Waals surface area contributed by atoms with Crippen LogP contribution in [0.5, 0.6) is 0 Å². The van der Waals surface area contributed by atoms with E-state index in [2.05, 4.69) is 28.1 Å². The summed E-state index contributed by atoms with van der Waals surface area (Å²) in [5.41, 5.74) is 0. The van der Waals surface area contributed by atoms with Gasteiger partial charge in [-0.25, -0.2) is 9.78 Å². The van der Waals surface area contributed by atoms with E-state index in [0.717, 1.165) is 50.2 Å². The molecule has 0 atom stereocenters. The fourth-order valence-electron chi connectivity index (χ4n) is 2.37. The van der Waals surface area contributed by atoms with E-state index >= 15 is 0 Å². The number of rotatable bonds is 4. The van der Waals surface area contributed by atoms with Gasteiger partial charge in [-0.2, -0.15) is 4.37 Å². The highest BCUT2D eigenvalue weighted by atomic mass is 32.1. The molecule has 0 bridgehead atoms. The predicted octanol–water partition coefficient (Wildman–Crippen LogP) is 2.25. The van der Waals surface area contributed by atoms with Crippen LogP contribution in [0, 0.1) is 0 Å². The predicted molar refractivity (Wildman–Crippen MR) is 86.1 cm³/mol. The molecule has 21 heavy (non-hydrogen) atoms. The lowest BCUT2D eigenvalue weighted by molar-refractivity contribution is 0.154. The molecule has 0 unspecified atom stereocenters. The Balaban J connectivity index is 1.92. The van der Waals surface area contributed by atoms with Crippen molar-refractivity contribution < 1.29 is 4.79 Å². The van der Waals surface area contributed by atoms with Gasteiger partial charge in [-0.3, -0.25) is 0 Å². The first kappa shape index (κ1) is 16.0. The quantitative estimate of drug-likeness (QED) is 0.856. The molecule has 1 fully saturated rings. The molecular weight excluding hydrogens is 286 g/mol. The van der Waals surface area contributed by atoms with Crippen LogP contribution in [0.1, 0.15) is 39.4 Å². The molecule has 6 nitrogen and oxygen atoms in total. The first-order chi connectivity index (χ1) is 10.1. The number of aromatic nitrogens is 2. The van der Waals surface area contributed by atoms with Crippen LogP contribution < -0.4 is 4.90 Å². The van der Waals surface area contributed by atoms with Crippen LogP contribution in [0.3, 0.4) is 0 Å². The molecule has 2 amide bonds. The van der Waals surface area contributed by atoms with E-state index in [9.17, 15) is 4.79 Å². The monoisotopic (exact) mass is 311 g/mol. The van der Waals surface area contributed by atoms with Gasteiger partial charge in [0.15, 0.2) is 0 Å². The van der Waals surface area contributed by atoms with Crippen molar-refractivity contribution in [3.8, 4) is 0 Å². The lowest BCUT2D eigenvalue weighted by Gasteiger charge is -2.36. The number of carbonyl (C=O) groups excluding carboxylic acids is 1. The molecule has 7 heteroatoms. The largest absolute Gasteiger partial charge is 0.343 e. The molecule has 0 aromatic carbocycles. The van der Waals surface area contributed by atoms with Gasteiger partial charge in [0, 0.05) is 56.7 Å². The minimum atomic E-state index is 0.153. The van der Waals surface area contributed by atoms with Crippen LogP contribution in [0.25, 0.3) is 0 Å². The Hall–Kier alpha value is -1.37. The van der Waals surface area contributed by atoms with Gasteiger partial charge in [-0.05, 0) is 13.8 Å². The molecule has 0 saturated carbocycles. The third kappa shape index (κ3) is 3.64. The molecule has 0 radical (unpaired) electrons. The first-order valence-electron chi connectivity index (χ1n) is 7.69. The number of nitrogens with zero attached hydrogens (tertiary/aromatic N) is 5. The fraction of sp³-hybridized carbons (Fsp3) is 0.786. The molecule has 1 aliphatic rings. The second-order valence-corrected chi connectivity index (χ2v) is 6.25. The molecule has 1 saturated heterocycles. The second-order valence-electron chi connectivity index (χ2n) is 5.52. The van der Waals surface area contributed by atoms with Gasteiger partial charge >= 0.3 is 6.03 Å². The molecule has 1 aromatic heterocycles. The highest BCUT2D eigenvalue weighted by Gasteiger charge is 2.25. The lowest BCUT2D eigenvalue weighted by Crippen LogP contribution is -2.52. The maximum atomic E-state index is 12.3. The average Bonchev–Trinajstić information content (AvgIpc) is 2.98. The summed E-state index contributed by atoms with van der Waals surface area (Å²) in [6.45, 7) is 13.0. The number of hydrogen-bond acceptors (Lipinski definition) is 5. The Morgan fingerprint density at radius 3 is 2.33 bits per heavy atom. The van der Waals surface area contributed by atoms with Gasteiger partial charge in [0.05, 0.1) is 0 Å². The van der Waals surface area contributed by atoms with Crippen LogP contribution in [0.2, 0.25) is 0 Å². The summed E-state index contributed by atoms with van der Waals surface area (Å²) in [7, 11) is 0. The summed E-state index contributed by atoms with van der Waals surface area (Å²) in [6, 6.07) is 0.153. The smallest absolute Gasteiger partial charge is 0.320 e. The summed E-state index contributed by atoms with van der Waals surface area (Å²) >= 11 is 1.46. The topological polar surface area (TPSA) is 52.6 Å². The lowest BCUT2D eigenvalue weighted by atomic mass is 10.2. The van der Waals surface area contributed by atoms with Crippen molar-refractivity contribution >= 4 is 22.7 Å². The first-order valence-corrected chi connectivity index (χ1v) is 8.46. The van der Waals surface area contributed by atoms with Gasteiger partial charge in [-0.1, -0.05) is 13.8 Å². The van der Waals surface area contributed by atoms with E-state index in [0.29, 0.717) is 5.92 Å². The van der Waals surface area contributed by atoms with Crippen molar-refractivity contribution in [2.24, 2.45) is 0 Å². The number of hydrogen-bond donors (Lipinski definition) is 0. The van der Waals surface area contributed by atoms with E-state index < -0.39 is 0 Å². The molecule has 2 heterocycles. The van der Waals surface area contributed by atoms with E-state index in [1.165, 1.54) is 11.5 Å². The SMILES string of the molecule is CCN(CC)C(=O)N1CCN(c2nc(C(C)C)ns2)CC1. The van der Waals surface area contributed by atoms with Gasteiger partial charge in [0.2, 0.25) is 5.13 Å². The Kier molecular flexibility index (Phi) is 5.39. The molecule has 2 rings (SSSR count). The summed E-state index contributed by atoms with van der Waals surface area (Å²) in [5.74, 6) is 1.28. The zero-order valence-electron chi connectivity index (χ0n) is 13.4. The highest BCUT2D eigenvalue weighted by Crippen LogP contribution is 2.22. The third-order valence-electron chi connectivity index (χ3n) is 3.80. The molecule has 118 valence electrons. The zero-order valence-corrected chi connectivity index (χ0v) is 14.2. The van der Waals surface area contributed by atoms with Crippen LogP contribution >= 0.6 is 11.5 Å². The van der Waals surface area contributed by atoms with Gasteiger partial charge in [0.1, 0.15) is 5.82 Å². The summed E-state index contributed by atoms with van der Waals surface area (Å²) in [6.07, 6.45) is 0. The summed E-state index contributed by atoms with van der Waals surface area (Å²) < 4.78 is 4.40.